The summed E-state index contributed by atoms with van der Waals surface area (Å²) < 4.78 is 5.26. The number of esters is 1. The number of carbonyl (C=O) groups is 1. The fourth-order valence-electron chi connectivity index (χ4n) is 9.06. The van der Waals surface area contributed by atoms with E-state index in [0.29, 0.717) is 29.4 Å². The first kappa shape index (κ1) is 26.0. The molecule has 4 aliphatic carbocycles. The van der Waals surface area contributed by atoms with Gasteiger partial charge in [-0.2, -0.15) is 0 Å². The molecule has 2 N–H and O–H groups in total. The zero-order valence-electron chi connectivity index (χ0n) is 22.8. The van der Waals surface area contributed by atoms with Crippen LogP contribution in [0.2, 0.25) is 0 Å². The first-order valence-electron chi connectivity index (χ1n) is 14.4. The standard InChI is InChI=1S/C32H46O4/c1-21(33)36-26-11-7-9-22(18-26)8-5-6-10-23-19-24-20-25(34)12-15-30(24,2)27-13-16-31(3)28(29(23)27)14-17-32(31,4)35/h7,9,11,18,20,23,25,27-29,34-35H,5-6,8,10,12-17,19H2,1-4H3/t23-,25+,27+,28+,29-,30+,31+,32+/m1/s1. The van der Waals surface area contributed by atoms with Gasteiger partial charge in [0.1, 0.15) is 5.75 Å². The second kappa shape index (κ2) is 9.58. The number of aryl methyl sites for hydroxylation is 1. The Kier molecular flexibility index (Phi) is 6.91. The lowest BCUT2D eigenvalue weighted by molar-refractivity contribution is -0.133. The van der Waals surface area contributed by atoms with E-state index in [2.05, 4.69) is 32.9 Å². The third-order valence-corrected chi connectivity index (χ3v) is 11.3. The molecule has 0 heterocycles. The third-order valence-electron chi connectivity index (χ3n) is 11.3. The summed E-state index contributed by atoms with van der Waals surface area (Å²) in [5.74, 6) is 2.92. The number of fused-ring (bicyclic) bond motifs is 5. The first-order chi connectivity index (χ1) is 17.0. The van der Waals surface area contributed by atoms with Crippen molar-refractivity contribution in [2.75, 3.05) is 0 Å². The van der Waals surface area contributed by atoms with Gasteiger partial charge in [0.25, 0.3) is 0 Å². The lowest BCUT2D eigenvalue weighted by Gasteiger charge is -2.61. The summed E-state index contributed by atoms with van der Waals surface area (Å²) in [4.78, 5) is 11.3. The van der Waals surface area contributed by atoms with Gasteiger partial charge in [-0.3, -0.25) is 4.79 Å². The lowest BCUT2D eigenvalue weighted by atomic mass is 9.44. The highest BCUT2D eigenvalue weighted by atomic mass is 16.5. The highest BCUT2D eigenvalue weighted by Crippen LogP contribution is 2.69. The quantitative estimate of drug-likeness (QED) is 0.202. The maximum Gasteiger partial charge on any atom is 0.308 e. The molecule has 4 nitrogen and oxygen atoms in total. The minimum absolute atomic E-state index is 0.0231. The zero-order chi connectivity index (χ0) is 25.7. The van der Waals surface area contributed by atoms with E-state index >= 15 is 0 Å². The number of ether oxygens (including phenoxy) is 1. The number of allylic oxidation sites excluding steroid dienone is 1. The second-order valence-corrected chi connectivity index (χ2v) is 13.2. The summed E-state index contributed by atoms with van der Waals surface area (Å²) in [6, 6.07) is 7.92. The molecule has 0 unspecified atom stereocenters. The van der Waals surface area contributed by atoms with E-state index in [0.717, 1.165) is 51.4 Å². The Labute approximate surface area is 217 Å². The van der Waals surface area contributed by atoms with Crippen LogP contribution in [-0.2, 0) is 11.2 Å². The van der Waals surface area contributed by atoms with E-state index in [1.54, 1.807) is 0 Å². The van der Waals surface area contributed by atoms with Gasteiger partial charge in [-0.25, -0.2) is 0 Å². The normalized spacial score (nSPS) is 41.6. The fourth-order valence-corrected chi connectivity index (χ4v) is 9.06. The van der Waals surface area contributed by atoms with Gasteiger partial charge in [-0.15, -0.1) is 0 Å². The van der Waals surface area contributed by atoms with Crippen LogP contribution >= 0.6 is 0 Å². The number of unbranched alkanes of at least 4 members (excludes halogenated alkanes) is 1. The van der Waals surface area contributed by atoms with Crippen molar-refractivity contribution < 1.29 is 19.7 Å². The number of hydrogen-bond acceptors (Lipinski definition) is 4. The van der Waals surface area contributed by atoms with E-state index in [1.165, 1.54) is 37.3 Å². The van der Waals surface area contributed by atoms with Crippen molar-refractivity contribution in [3.05, 3.63) is 41.5 Å². The molecule has 0 aliphatic heterocycles. The maximum absolute atomic E-state index is 11.4. The molecule has 0 radical (unpaired) electrons. The van der Waals surface area contributed by atoms with Crippen LogP contribution < -0.4 is 4.74 Å². The summed E-state index contributed by atoms with van der Waals surface area (Å²) in [6.45, 7) is 8.41. The smallest absolute Gasteiger partial charge is 0.308 e. The molecule has 3 saturated carbocycles. The topological polar surface area (TPSA) is 66.8 Å². The average Bonchev–Trinajstić information content (AvgIpc) is 3.06. The molecule has 0 amide bonds. The molecule has 198 valence electrons. The Morgan fingerprint density at radius 3 is 2.61 bits per heavy atom. The summed E-state index contributed by atoms with van der Waals surface area (Å²) in [5, 5.41) is 21.9. The van der Waals surface area contributed by atoms with Crippen molar-refractivity contribution in [3.8, 4) is 5.75 Å². The molecule has 1 aromatic carbocycles. The van der Waals surface area contributed by atoms with Crippen LogP contribution in [0.4, 0.5) is 0 Å². The van der Waals surface area contributed by atoms with Crippen LogP contribution in [-0.4, -0.2) is 27.9 Å². The van der Waals surface area contributed by atoms with Crippen LogP contribution in [0.3, 0.4) is 0 Å². The summed E-state index contributed by atoms with van der Waals surface area (Å²) in [6.07, 6.45) is 14.0. The minimum Gasteiger partial charge on any atom is -0.427 e. The SMILES string of the molecule is CC(=O)Oc1cccc(CCCC[C@@H]2CC3=C[C@@H](O)CC[C@]3(C)[C@H]3CC[C@@]4(C)[C@@H](CC[C@]4(C)O)[C@H]23)c1. The molecule has 0 saturated heterocycles. The van der Waals surface area contributed by atoms with Crippen LogP contribution in [0.1, 0.15) is 97.5 Å². The van der Waals surface area contributed by atoms with Gasteiger partial charge in [0, 0.05) is 6.92 Å². The number of aliphatic hydroxyl groups excluding tert-OH is 1. The highest BCUT2D eigenvalue weighted by molar-refractivity contribution is 5.69. The zero-order valence-corrected chi connectivity index (χ0v) is 22.8. The molecular weight excluding hydrogens is 448 g/mol. The number of carbonyl (C=O) groups excluding carboxylic acids is 1. The van der Waals surface area contributed by atoms with Crippen molar-refractivity contribution in [1.82, 2.24) is 0 Å². The minimum atomic E-state index is -0.556. The summed E-state index contributed by atoms with van der Waals surface area (Å²) in [7, 11) is 0. The van der Waals surface area contributed by atoms with Gasteiger partial charge in [0.05, 0.1) is 11.7 Å². The van der Waals surface area contributed by atoms with E-state index in [-0.39, 0.29) is 22.9 Å². The highest BCUT2D eigenvalue weighted by Gasteiger charge is 2.64. The molecule has 3 fully saturated rings. The molecule has 36 heavy (non-hydrogen) atoms. The molecular formula is C32H46O4. The lowest BCUT2D eigenvalue weighted by Crippen LogP contribution is -2.56. The Morgan fingerprint density at radius 1 is 1.06 bits per heavy atom. The predicted molar refractivity (Wildman–Crippen MR) is 143 cm³/mol. The van der Waals surface area contributed by atoms with Crippen LogP contribution in [0.5, 0.6) is 5.75 Å². The molecule has 0 bridgehead atoms. The molecule has 0 aromatic heterocycles. The van der Waals surface area contributed by atoms with Crippen LogP contribution in [0.25, 0.3) is 0 Å². The van der Waals surface area contributed by atoms with Gasteiger partial charge in [0.2, 0.25) is 0 Å². The Morgan fingerprint density at radius 2 is 1.83 bits per heavy atom. The van der Waals surface area contributed by atoms with Crippen LogP contribution in [0, 0.1) is 34.5 Å². The van der Waals surface area contributed by atoms with E-state index < -0.39 is 5.60 Å². The van der Waals surface area contributed by atoms with Crippen molar-refractivity contribution >= 4 is 5.97 Å². The van der Waals surface area contributed by atoms with Crippen molar-refractivity contribution in [1.29, 1.82) is 0 Å². The number of rotatable bonds is 6. The Balaban J connectivity index is 1.32. The van der Waals surface area contributed by atoms with Crippen molar-refractivity contribution in [3.63, 3.8) is 0 Å². The van der Waals surface area contributed by atoms with Gasteiger partial charge in [0.15, 0.2) is 0 Å². The third kappa shape index (κ3) is 4.47. The van der Waals surface area contributed by atoms with Crippen molar-refractivity contribution in [2.24, 2.45) is 34.5 Å². The van der Waals surface area contributed by atoms with Crippen LogP contribution in [0.15, 0.2) is 35.9 Å². The largest absolute Gasteiger partial charge is 0.427 e. The molecule has 4 heteroatoms. The van der Waals surface area contributed by atoms with Gasteiger partial charge < -0.3 is 14.9 Å². The second-order valence-electron chi connectivity index (χ2n) is 13.2. The molecule has 5 rings (SSSR count). The van der Waals surface area contributed by atoms with Crippen molar-refractivity contribution in [2.45, 2.75) is 110 Å². The fraction of sp³-hybridized carbons (Fsp3) is 0.719. The van der Waals surface area contributed by atoms with E-state index in [9.17, 15) is 15.0 Å². The Hall–Kier alpha value is -1.65. The van der Waals surface area contributed by atoms with Gasteiger partial charge in [-0.05, 0) is 123 Å². The summed E-state index contributed by atoms with van der Waals surface area (Å²) in [5.41, 5.74) is 2.43. The number of aliphatic hydroxyl groups is 2. The monoisotopic (exact) mass is 494 g/mol. The molecule has 8 atom stereocenters. The maximum atomic E-state index is 11.4. The molecule has 4 aliphatic rings. The van der Waals surface area contributed by atoms with E-state index in [1.807, 2.05) is 18.2 Å². The first-order valence-corrected chi connectivity index (χ1v) is 14.4. The number of hydrogen-bond donors (Lipinski definition) is 2. The summed E-state index contributed by atoms with van der Waals surface area (Å²) >= 11 is 0. The van der Waals surface area contributed by atoms with Gasteiger partial charge in [-0.1, -0.05) is 44.1 Å². The average molecular weight is 495 g/mol. The number of benzene rings is 1. The van der Waals surface area contributed by atoms with E-state index in [4.69, 9.17) is 4.74 Å². The Bertz CT molecular complexity index is 1010. The molecule has 0 spiro atoms. The van der Waals surface area contributed by atoms with Gasteiger partial charge >= 0.3 is 5.97 Å². The molecule has 1 aromatic rings. The predicted octanol–water partition coefficient (Wildman–Crippen LogP) is 6.63.